The van der Waals surface area contributed by atoms with E-state index in [4.69, 9.17) is 10.5 Å². The molecule has 2 N–H and O–H groups in total. The van der Waals surface area contributed by atoms with Crippen LogP contribution in [0.4, 0.5) is 5.82 Å². The highest BCUT2D eigenvalue weighted by atomic mass is 28.2. The number of fused-ring (bicyclic) bond motifs is 1. The lowest BCUT2D eigenvalue weighted by Gasteiger charge is -2.21. The fraction of sp³-hybridized carbons (Fsp3) is 0.467. The second-order valence-corrected chi connectivity index (χ2v) is 7.43. The summed E-state index contributed by atoms with van der Waals surface area (Å²) >= 11 is 0. The smallest absolute Gasteiger partial charge is 0.151 e. The second-order valence-electron chi connectivity index (χ2n) is 5.58. The van der Waals surface area contributed by atoms with Crippen LogP contribution in [-0.2, 0) is 4.74 Å². The lowest BCUT2D eigenvalue weighted by molar-refractivity contribution is 0.119. The SMILES string of the molecule is C[Si]C(C)(C)COCC/C=C/c1ccc2c(N)ncnn12. The molecule has 112 valence electrons. The number of rotatable bonds is 7. The third-order valence-electron chi connectivity index (χ3n) is 3.37. The van der Waals surface area contributed by atoms with Crippen LogP contribution in [0.2, 0.25) is 11.6 Å². The van der Waals surface area contributed by atoms with E-state index in [1.54, 1.807) is 4.52 Å². The largest absolute Gasteiger partial charge is 0.382 e. The Balaban J connectivity index is 1.85. The molecule has 0 aliphatic rings. The summed E-state index contributed by atoms with van der Waals surface area (Å²) in [6.07, 6.45) is 6.49. The van der Waals surface area contributed by atoms with Crippen LogP contribution in [0.25, 0.3) is 11.6 Å². The molecule has 0 aliphatic heterocycles. The van der Waals surface area contributed by atoms with Gasteiger partial charge < -0.3 is 10.5 Å². The molecule has 0 saturated carbocycles. The van der Waals surface area contributed by atoms with E-state index >= 15 is 0 Å². The maximum atomic E-state index is 5.80. The number of hydrogen-bond donors (Lipinski definition) is 1. The van der Waals surface area contributed by atoms with Crippen molar-refractivity contribution in [3.8, 4) is 0 Å². The van der Waals surface area contributed by atoms with Crippen LogP contribution < -0.4 is 5.73 Å². The molecule has 0 atom stereocenters. The molecule has 0 amide bonds. The number of aromatic nitrogens is 3. The first kappa shape index (κ1) is 15.7. The Kier molecular flexibility index (Phi) is 5.14. The third-order valence-corrected chi connectivity index (χ3v) is 4.87. The predicted octanol–water partition coefficient (Wildman–Crippen LogP) is 2.68. The molecule has 2 radical (unpaired) electrons. The third kappa shape index (κ3) is 4.15. The zero-order valence-corrected chi connectivity index (χ0v) is 13.8. The zero-order valence-electron chi connectivity index (χ0n) is 12.8. The van der Waals surface area contributed by atoms with Crippen molar-refractivity contribution in [2.75, 3.05) is 18.9 Å². The lowest BCUT2D eigenvalue weighted by Crippen LogP contribution is -2.17. The van der Waals surface area contributed by atoms with Crippen LogP contribution in [0.5, 0.6) is 0 Å². The van der Waals surface area contributed by atoms with Crippen molar-refractivity contribution in [3.05, 3.63) is 30.2 Å². The molecule has 0 spiro atoms. The molecule has 2 aromatic heterocycles. The van der Waals surface area contributed by atoms with Crippen LogP contribution in [0.1, 0.15) is 26.0 Å². The maximum Gasteiger partial charge on any atom is 0.151 e. The fourth-order valence-corrected chi connectivity index (χ4v) is 2.10. The van der Waals surface area contributed by atoms with Crippen LogP contribution >= 0.6 is 0 Å². The Bertz CT molecular complexity index is 621. The van der Waals surface area contributed by atoms with Gasteiger partial charge in [-0.05, 0) is 29.7 Å². The van der Waals surface area contributed by atoms with Gasteiger partial charge in [0.1, 0.15) is 11.8 Å². The van der Waals surface area contributed by atoms with E-state index in [2.05, 4.69) is 36.6 Å². The van der Waals surface area contributed by atoms with Gasteiger partial charge in [-0.3, -0.25) is 0 Å². The second kappa shape index (κ2) is 6.86. The first-order valence-electron chi connectivity index (χ1n) is 7.05. The summed E-state index contributed by atoms with van der Waals surface area (Å²) in [4.78, 5) is 3.97. The Morgan fingerprint density at radius 2 is 2.24 bits per heavy atom. The Morgan fingerprint density at radius 1 is 1.43 bits per heavy atom. The van der Waals surface area contributed by atoms with Gasteiger partial charge >= 0.3 is 0 Å². The van der Waals surface area contributed by atoms with Gasteiger partial charge in [-0.1, -0.05) is 26.5 Å². The van der Waals surface area contributed by atoms with E-state index in [-0.39, 0.29) is 5.04 Å². The fourth-order valence-electron chi connectivity index (χ4n) is 1.85. The molecule has 5 nitrogen and oxygen atoms in total. The summed E-state index contributed by atoms with van der Waals surface area (Å²) in [6.45, 7) is 8.24. The van der Waals surface area contributed by atoms with Gasteiger partial charge in [-0.25, -0.2) is 9.50 Å². The molecule has 0 fully saturated rings. The molecule has 21 heavy (non-hydrogen) atoms. The number of nitrogens with zero attached hydrogens (tertiary/aromatic N) is 3. The Hall–Kier alpha value is -1.66. The molecular weight excluding hydrogens is 280 g/mol. The van der Waals surface area contributed by atoms with Gasteiger partial charge in [-0.15, -0.1) is 0 Å². The lowest BCUT2D eigenvalue weighted by atomic mass is 10.2. The van der Waals surface area contributed by atoms with Gasteiger partial charge in [0.25, 0.3) is 0 Å². The standard InChI is InChI=1S/C15H22N4OSi/c1-15(2,21-3)10-20-9-5-4-6-12-7-8-13-14(16)17-11-18-19(12)13/h4,6-8,11H,5,9-10H2,1-3H3,(H2,16,17,18)/b6-4+. The molecule has 2 aromatic rings. The summed E-state index contributed by atoms with van der Waals surface area (Å²) in [5.74, 6) is 0.496. The van der Waals surface area contributed by atoms with Crippen molar-refractivity contribution in [3.63, 3.8) is 0 Å². The Morgan fingerprint density at radius 3 is 3.00 bits per heavy atom. The van der Waals surface area contributed by atoms with E-state index in [1.165, 1.54) is 6.33 Å². The highest BCUT2D eigenvalue weighted by molar-refractivity contribution is 6.37. The maximum absolute atomic E-state index is 5.80. The minimum atomic E-state index is 0.288. The van der Waals surface area contributed by atoms with Crippen molar-refractivity contribution < 1.29 is 4.74 Å². The normalized spacial score (nSPS) is 12.5. The number of hydrogen-bond acceptors (Lipinski definition) is 4. The van der Waals surface area contributed by atoms with Crippen molar-refractivity contribution in [1.29, 1.82) is 0 Å². The number of nitrogen functional groups attached to an aromatic ring is 1. The quantitative estimate of drug-likeness (QED) is 0.631. The van der Waals surface area contributed by atoms with Crippen molar-refractivity contribution >= 4 is 26.9 Å². The first-order valence-corrected chi connectivity index (χ1v) is 8.55. The van der Waals surface area contributed by atoms with E-state index in [9.17, 15) is 0 Å². The van der Waals surface area contributed by atoms with Crippen LogP contribution in [-0.4, -0.2) is 37.3 Å². The van der Waals surface area contributed by atoms with Gasteiger partial charge in [0, 0.05) is 16.1 Å². The van der Waals surface area contributed by atoms with E-state index in [0.717, 1.165) is 40.4 Å². The molecule has 0 saturated heterocycles. The van der Waals surface area contributed by atoms with Gasteiger partial charge in [0.2, 0.25) is 0 Å². The van der Waals surface area contributed by atoms with Gasteiger partial charge in [0.05, 0.1) is 12.3 Å². The summed E-state index contributed by atoms with van der Waals surface area (Å²) < 4.78 is 7.51. The molecule has 0 unspecified atom stereocenters. The molecule has 6 heteroatoms. The molecule has 0 aromatic carbocycles. The minimum Gasteiger partial charge on any atom is -0.382 e. The molecule has 2 rings (SSSR count). The topological polar surface area (TPSA) is 65.4 Å². The van der Waals surface area contributed by atoms with E-state index in [0.29, 0.717) is 5.82 Å². The monoisotopic (exact) mass is 302 g/mol. The van der Waals surface area contributed by atoms with Crippen LogP contribution in [0, 0.1) is 0 Å². The van der Waals surface area contributed by atoms with Crippen molar-refractivity contribution in [1.82, 2.24) is 14.6 Å². The highest BCUT2D eigenvalue weighted by Crippen LogP contribution is 2.22. The molecular formula is C15H22N4OSi. The molecule has 0 bridgehead atoms. The van der Waals surface area contributed by atoms with Crippen molar-refractivity contribution in [2.45, 2.75) is 31.9 Å². The predicted molar refractivity (Wildman–Crippen MR) is 87.5 cm³/mol. The van der Waals surface area contributed by atoms with Crippen LogP contribution in [0.3, 0.4) is 0 Å². The van der Waals surface area contributed by atoms with Gasteiger partial charge in [-0.2, -0.15) is 5.10 Å². The first-order chi connectivity index (χ1) is 10.0. The van der Waals surface area contributed by atoms with E-state index < -0.39 is 0 Å². The van der Waals surface area contributed by atoms with E-state index in [1.807, 2.05) is 18.2 Å². The number of ether oxygens (including phenoxy) is 1. The average Bonchev–Trinajstić information content (AvgIpc) is 2.87. The molecule has 0 aliphatic carbocycles. The summed E-state index contributed by atoms with van der Waals surface area (Å²) in [6, 6.07) is 3.91. The number of nitrogens with two attached hydrogens (primary N) is 1. The summed E-state index contributed by atoms with van der Waals surface area (Å²) in [5, 5.41) is 4.49. The van der Waals surface area contributed by atoms with Crippen LogP contribution in [0.15, 0.2) is 24.5 Å². The average molecular weight is 302 g/mol. The van der Waals surface area contributed by atoms with Crippen molar-refractivity contribution in [2.24, 2.45) is 0 Å². The zero-order chi connectivity index (χ0) is 15.3. The summed E-state index contributed by atoms with van der Waals surface area (Å²) in [7, 11) is 0.894. The number of anilines is 1. The summed E-state index contributed by atoms with van der Waals surface area (Å²) in [5.41, 5.74) is 7.63. The Labute approximate surface area is 128 Å². The minimum absolute atomic E-state index is 0.288. The molecule has 2 heterocycles. The highest BCUT2D eigenvalue weighted by Gasteiger charge is 2.15. The van der Waals surface area contributed by atoms with Gasteiger partial charge in [0.15, 0.2) is 5.82 Å².